The van der Waals surface area contributed by atoms with Gasteiger partial charge in [-0.25, -0.2) is 4.79 Å². The first-order chi connectivity index (χ1) is 9.84. The van der Waals surface area contributed by atoms with Crippen molar-refractivity contribution < 1.29 is 14.3 Å². The molecular weight excluding hydrogens is 252 g/mol. The maximum absolute atomic E-state index is 11.5. The quantitative estimate of drug-likeness (QED) is 0.572. The summed E-state index contributed by atoms with van der Waals surface area (Å²) in [5, 5.41) is 0. The normalized spacial score (nSPS) is 10.0. The van der Waals surface area contributed by atoms with Crippen LogP contribution < -0.4 is 4.74 Å². The Morgan fingerprint density at radius 2 is 1.55 bits per heavy atom. The molecule has 0 aliphatic carbocycles. The predicted molar refractivity (Wildman–Crippen MR) is 77.7 cm³/mol. The Hall–Kier alpha value is -2.29. The van der Waals surface area contributed by atoms with Gasteiger partial charge in [0.1, 0.15) is 5.75 Å². The minimum absolute atomic E-state index is 0.0463. The summed E-state index contributed by atoms with van der Waals surface area (Å²) >= 11 is 0. The first-order valence-corrected chi connectivity index (χ1v) is 6.72. The van der Waals surface area contributed by atoms with E-state index in [1.165, 1.54) is 5.56 Å². The van der Waals surface area contributed by atoms with E-state index in [-0.39, 0.29) is 12.6 Å². The first-order valence-electron chi connectivity index (χ1n) is 6.72. The molecule has 104 valence electrons. The number of aryl methyl sites for hydroxylation is 1. The Balaban J connectivity index is 1.59. The van der Waals surface area contributed by atoms with E-state index in [1.54, 1.807) is 0 Å². The fourth-order valence-electron chi connectivity index (χ4n) is 1.81. The molecule has 2 aromatic carbocycles. The number of hydrogen-bond acceptors (Lipinski definition) is 3. The fourth-order valence-corrected chi connectivity index (χ4v) is 1.81. The molecule has 2 aromatic rings. The number of benzene rings is 2. The van der Waals surface area contributed by atoms with Crippen LogP contribution >= 0.6 is 0 Å². The second kappa shape index (κ2) is 8.00. The molecule has 0 spiro atoms. The molecule has 0 fully saturated rings. The van der Waals surface area contributed by atoms with Crippen molar-refractivity contribution in [3.05, 3.63) is 66.2 Å². The minimum atomic E-state index is -0.332. The highest BCUT2D eigenvalue weighted by atomic mass is 16.6. The lowest BCUT2D eigenvalue weighted by Gasteiger charge is -2.07. The van der Waals surface area contributed by atoms with E-state index in [0.717, 1.165) is 12.8 Å². The van der Waals surface area contributed by atoms with Crippen LogP contribution in [0.1, 0.15) is 12.0 Å². The second-order valence-corrected chi connectivity index (χ2v) is 4.41. The summed E-state index contributed by atoms with van der Waals surface area (Å²) < 4.78 is 10.4. The summed E-state index contributed by atoms with van der Waals surface area (Å²) in [6.45, 7) is 0.376. The van der Waals surface area contributed by atoms with Crippen molar-refractivity contribution in [2.45, 2.75) is 12.8 Å². The Kier molecular flexibility index (Phi) is 5.65. The van der Waals surface area contributed by atoms with Crippen LogP contribution in [0.4, 0.5) is 0 Å². The van der Waals surface area contributed by atoms with Gasteiger partial charge in [0.25, 0.3) is 0 Å². The van der Waals surface area contributed by atoms with Crippen LogP contribution in [0, 0.1) is 0 Å². The molecular formula is C17H18O3. The van der Waals surface area contributed by atoms with Crippen molar-refractivity contribution in [3.63, 3.8) is 0 Å². The molecule has 0 radical (unpaired) electrons. The van der Waals surface area contributed by atoms with E-state index in [1.807, 2.05) is 48.5 Å². The Morgan fingerprint density at radius 1 is 0.900 bits per heavy atom. The number of hydrogen-bond donors (Lipinski definition) is 0. The van der Waals surface area contributed by atoms with Crippen LogP contribution in [0.15, 0.2) is 60.7 Å². The van der Waals surface area contributed by atoms with Crippen LogP contribution in [0.25, 0.3) is 0 Å². The molecule has 0 bridgehead atoms. The van der Waals surface area contributed by atoms with E-state index in [4.69, 9.17) is 9.47 Å². The molecule has 3 nitrogen and oxygen atoms in total. The molecule has 0 saturated heterocycles. The van der Waals surface area contributed by atoms with E-state index < -0.39 is 0 Å². The van der Waals surface area contributed by atoms with Crippen LogP contribution in [0.3, 0.4) is 0 Å². The average molecular weight is 270 g/mol. The lowest BCUT2D eigenvalue weighted by molar-refractivity contribution is -0.146. The third-order valence-electron chi connectivity index (χ3n) is 2.82. The molecule has 2 rings (SSSR count). The molecule has 0 unspecified atom stereocenters. The van der Waals surface area contributed by atoms with Gasteiger partial charge in [-0.05, 0) is 30.5 Å². The number of esters is 1. The average Bonchev–Trinajstić information content (AvgIpc) is 2.52. The molecule has 0 aromatic heterocycles. The Morgan fingerprint density at radius 3 is 2.25 bits per heavy atom. The molecule has 0 saturated carbocycles. The van der Waals surface area contributed by atoms with Crippen LogP contribution in [-0.4, -0.2) is 19.2 Å². The summed E-state index contributed by atoms with van der Waals surface area (Å²) in [6, 6.07) is 19.4. The maximum Gasteiger partial charge on any atom is 0.344 e. The number of carbonyl (C=O) groups is 1. The third kappa shape index (κ3) is 5.14. The van der Waals surface area contributed by atoms with E-state index >= 15 is 0 Å². The number of carbonyl (C=O) groups excluding carboxylic acids is 1. The monoisotopic (exact) mass is 270 g/mol. The van der Waals surface area contributed by atoms with Crippen molar-refractivity contribution in [1.29, 1.82) is 0 Å². The van der Waals surface area contributed by atoms with E-state index in [0.29, 0.717) is 12.4 Å². The van der Waals surface area contributed by atoms with Crippen LogP contribution in [0.5, 0.6) is 5.75 Å². The zero-order valence-corrected chi connectivity index (χ0v) is 11.3. The fraction of sp³-hybridized carbons (Fsp3) is 0.235. The summed E-state index contributed by atoms with van der Waals surface area (Å²) in [5.41, 5.74) is 1.25. The van der Waals surface area contributed by atoms with Crippen molar-refractivity contribution in [2.24, 2.45) is 0 Å². The molecule has 0 atom stereocenters. The summed E-state index contributed by atoms with van der Waals surface area (Å²) in [5.74, 6) is 0.343. The highest BCUT2D eigenvalue weighted by Crippen LogP contribution is 2.08. The molecule has 0 N–H and O–H groups in total. The summed E-state index contributed by atoms with van der Waals surface area (Å²) in [6.07, 6.45) is 1.73. The van der Waals surface area contributed by atoms with Gasteiger partial charge in [-0.3, -0.25) is 0 Å². The zero-order chi connectivity index (χ0) is 14.0. The summed E-state index contributed by atoms with van der Waals surface area (Å²) in [4.78, 5) is 11.5. The van der Waals surface area contributed by atoms with Crippen molar-refractivity contribution >= 4 is 5.97 Å². The zero-order valence-electron chi connectivity index (χ0n) is 11.3. The Bertz CT molecular complexity index is 508. The van der Waals surface area contributed by atoms with Gasteiger partial charge in [-0.1, -0.05) is 48.5 Å². The van der Waals surface area contributed by atoms with E-state index in [2.05, 4.69) is 12.1 Å². The summed E-state index contributed by atoms with van der Waals surface area (Å²) in [7, 11) is 0. The number of ether oxygens (including phenoxy) is 2. The topological polar surface area (TPSA) is 35.5 Å². The lowest BCUT2D eigenvalue weighted by atomic mass is 10.1. The molecule has 0 aliphatic rings. The van der Waals surface area contributed by atoms with Gasteiger partial charge >= 0.3 is 5.97 Å². The van der Waals surface area contributed by atoms with E-state index in [9.17, 15) is 4.79 Å². The number of para-hydroxylation sites is 1. The van der Waals surface area contributed by atoms with Gasteiger partial charge in [0.05, 0.1) is 6.61 Å². The van der Waals surface area contributed by atoms with Gasteiger partial charge in [0.2, 0.25) is 0 Å². The van der Waals surface area contributed by atoms with Crippen molar-refractivity contribution in [2.75, 3.05) is 13.2 Å². The third-order valence-corrected chi connectivity index (χ3v) is 2.82. The van der Waals surface area contributed by atoms with Gasteiger partial charge in [-0.2, -0.15) is 0 Å². The lowest BCUT2D eigenvalue weighted by Crippen LogP contribution is -2.15. The molecule has 20 heavy (non-hydrogen) atoms. The number of rotatable bonds is 7. The highest BCUT2D eigenvalue weighted by molar-refractivity contribution is 5.71. The highest BCUT2D eigenvalue weighted by Gasteiger charge is 2.03. The van der Waals surface area contributed by atoms with Gasteiger partial charge in [0, 0.05) is 0 Å². The smallest absolute Gasteiger partial charge is 0.344 e. The van der Waals surface area contributed by atoms with Crippen LogP contribution in [-0.2, 0) is 16.0 Å². The SMILES string of the molecule is O=C(COc1ccccc1)OCCCc1ccccc1. The van der Waals surface area contributed by atoms with Crippen molar-refractivity contribution in [1.82, 2.24) is 0 Å². The van der Waals surface area contributed by atoms with Gasteiger partial charge in [-0.15, -0.1) is 0 Å². The standard InChI is InChI=1S/C17H18O3/c18-17(14-20-16-11-5-2-6-12-16)19-13-7-10-15-8-3-1-4-9-15/h1-6,8-9,11-12H,7,10,13-14H2. The molecule has 0 amide bonds. The maximum atomic E-state index is 11.5. The predicted octanol–water partition coefficient (Wildman–Crippen LogP) is 3.24. The second-order valence-electron chi connectivity index (χ2n) is 4.41. The van der Waals surface area contributed by atoms with Crippen LogP contribution in [0.2, 0.25) is 0 Å². The molecule has 3 heteroatoms. The molecule has 0 aliphatic heterocycles. The first kappa shape index (κ1) is 14.1. The largest absolute Gasteiger partial charge is 0.482 e. The van der Waals surface area contributed by atoms with Crippen molar-refractivity contribution in [3.8, 4) is 5.75 Å². The molecule has 0 heterocycles. The van der Waals surface area contributed by atoms with Gasteiger partial charge < -0.3 is 9.47 Å². The minimum Gasteiger partial charge on any atom is -0.482 e. The van der Waals surface area contributed by atoms with Gasteiger partial charge in [0.15, 0.2) is 6.61 Å². The Labute approximate surface area is 119 Å².